The smallest absolute Gasteiger partial charge is 0.325 e. The Kier molecular flexibility index (Phi) is 5.59. The summed E-state index contributed by atoms with van der Waals surface area (Å²) in [6.45, 7) is 3.59. The lowest BCUT2D eigenvalue weighted by molar-refractivity contribution is -0.763. The van der Waals surface area contributed by atoms with Crippen LogP contribution < -0.4 is 19.9 Å². The molecule has 1 atom stereocenters. The van der Waals surface area contributed by atoms with E-state index in [1.165, 1.54) is 18.7 Å². The molecule has 154 valence electrons. The molecule has 1 amide bonds. The van der Waals surface area contributed by atoms with E-state index >= 15 is 0 Å². The average Bonchev–Trinajstić information content (AvgIpc) is 2.76. The predicted molar refractivity (Wildman–Crippen MR) is 116 cm³/mol. The molecule has 0 saturated heterocycles. The molecule has 1 aromatic heterocycles. The number of hydrogen-bond donors (Lipinski definition) is 1. The van der Waals surface area contributed by atoms with Crippen molar-refractivity contribution in [1.82, 2.24) is 10.1 Å². The standard InChI is InChI=1S/C22H22N4O3S/c1-4-13-30-22-23-20(28)19-15-9-5-7-11-17(15)25(14(2)27)21(26(19)24-22)16-10-6-8-12-18(16)29-3/h5-12,21H,4,13H2,1-3H3/p+1/t21-/m1/s1. The number of benzene rings is 2. The molecule has 4 rings (SSSR count). The van der Waals surface area contributed by atoms with Crippen molar-refractivity contribution in [2.75, 3.05) is 17.8 Å². The SMILES string of the molecule is CCCSc1n[n+]2c(c(=O)[nH]1)-c1ccccc1N(C(C)=O)[C@H]2c1ccccc1OC. The summed E-state index contributed by atoms with van der Waals surface area (Å²) in [5, 5.41) is 5.27. The van der Waals surface area contributed by atoms with Crippen LogP contribution in [0.3, 0.4) is 0 Å². The normalized spacial score (nSPS) is 14.8. The van der Waals surface area contributed by atoms with Crippen LogP contribution in [0, 0.1) is 0 Å². The summed E-state index contributed by atoms with van der Waals surface area (Å²) in [6.07, 6.45) is 0.306. The molecular weight excluding hydrogens is 400 g/mol. The molecule has 30 heavy (non-hydrogen) atoms. The van der Waals surface area contributed by atoms with Crippen molar-refractivity contribution < 1.29 is 14.2 Å². The maximum atomic E-state index is 13.2. The molecule has 0 saturated carbocycles. The molecule has 3 aromatic rings. The summed E-state index contributed by atoms with van der Waals surface area (Å²) in [5.41, 5.74) is 2.27. The number of anilines is 1. The molecule has 2 aromatic carbocycles. The van der Waals surface area contributed by atoms with E-state index < -0.39 is 6.17 Å². The zero-order valence-corrected chi connectivity index (χ0v) is 17.9. The maximum Gasteiger partial charge on any atom is 0.325 e. The number of hydrogen-bond acceptors (Lipinski definition) is 5. The average molecular weight is 424 g/mol. The topological polar surface area (TPSA) is 79.2 Å². The maximum absolute atomic E-state index is 13.2. The van der Waals surface area contributed by atoms with Crippen molar-refractivity contribution in [2.45, 2.75) is 31.6 Å². The van der Waals surface area contributed by atoms with Crippen molar-refractivity contribution in [1.29, 1.82) is 0 Å². The second kappa shape index (κ2) is 8.31. The van der Waals surface area contributed by atoms with Gasteiger partial charge in [-0.05, 0) is 35.4 Å². The first kappa shape index (κ1) is 20.2. The number of rotatable bonds is 5. The second-order valence-corrected chi connectivity index (χ2v) is 8.01. The molecule has 0 radical (unpaired) electrons. The zero-order chi connectivity index (χ0) is 21.3. The summed E-state index contributed by atoms with van der Waals surface area (Å²) in [4.78, 5) is 30.6. The van der Waals surface area contributed by atoms with E-state index in [9.17, 15) is 9.59 Å². The van der Waals surface area contributed by atoms with Crippen LogP contribution in [-0.2, 0) is 4.79 Å². The fraction of sp³-hybridized carbons (Fsp3) is 0.273. The molecule has 1 aliphatic rings. The molecule has 0 bridgehead atoms. The van der Waals surface area contributed by atoms with Gasteiger partial charge in [-0.3, -0.25) is 14.6 Å². The van der Waals surface area contributed by atoms with Crippen molar-refractivity contribution in [2.24, 2.45) is 0 Å². The van der Waals surface area contributed by atoms with E-state index in [2.05, 4.69) is 11.9 Å². The summed E-state index contributed by atoms with van der Waals surface area (Å²) >= 11 is 1.48. The molecule has 1 aliphatic heterocycles. The molecule has 0 fully saturated rings. The third-order valence-corrected chi connectivity index (χ3v) is 6.03. The number of para-hydroxylation sites is 2. The van der Waals surface area contributed by atoms with Gasteiger partial charge < -0.3 is 4.74 Å². The molecule has 0 unspecified atom stereocenters. The third kappa shape index (κ3) is 3.37. The van der Waals surface area contributed by atoms with E-state index in [0.29, 0.717) is 27.9 Å². The van der Waals surface area contributed by atoms with Gasteiger partial charge in [-0.2, -0.15) is 0 Å². The van der Waals surface area contributed by atoms with E-state index in [0.717, 1.165) is 17.7 Å². The van der Waals surface area contributed by atoms with Crippen molar-refractivity contribution in [3.05, 3.63) is 64.4 Å². The highest BCUT2D eigenvalue weighted by Gasteiger charge is 2.45. The highest BCUT2D eigenvalue weighted by atomic mass is 32.2. The fourth-order valence-electron chi connectivity index (χ4n) is 3.74. The van der Waals surface area contributed by atoms with Crippen molar-refractivity contribution >= 4 is 23.4 Å². The van der Waals surface area contributed by atoms with E-state index in [-0.39, 0.29) is 11.5 Å². The lowest BCUT2D eigenvalue weighted by Gasteiger charge is -2.31. The van der Waals surface area contributed by atoms with Crippen LogP contribution in [0.1, 0.15) is 32.0 Å². The minimum absolute atomic E-state index is 0.152. The highest BCUT2D eigenvalue weighted by Crippen LogP contribution is 2.39. The summed E-state index contributed by atoms with van der Waals surface area (Å²) in [5.74, 6) is 1.30. The quantitative estimate of drug-likeness (QED) is 0.504. The monoisotopic (exact) mass is 423 g/mol. The fourth-order valence-corrected chi connectivity index (χ4v) is 4.45. The number of amides is 1. The minimum atomic E-state index is -0.646. The lowest BCUT2D eigenvalue weighted by Crippen LogP contribution is -2.60. The predicted octanol–water partition coefficient (Wildman–Crippen LogP) is 3.15. The van der Waals surface area contributed by atoms with Gasteiger partial charge in [0.2, 0.25) is 11.1 Å². The third-order valence-electron chi connectivity index (χ3n) is 4.96. The number of nitrogens with one attached hydrogen (secondary N) is 1. The Hall–Kier alpha value is -3.13. The first-order valence-electron chi connectivity index (χ1n) is 9.77. The Labute approximate surface area is 178 Å². The molecule has 7 nitrogen and oxygen atoms in total. The first-order valence-corrected chi connectivity index (χ1v) is 10.8. The van der Waals surface area contributed by atoms with Gasteiger partial charge >= 0.3 is 11.3 Å². The Balaban J connectivity index is 2.05. The van der Waals surface area contributed by atoms with Crippen molar-refractivity contribution in [3.63, 3.8) is 0 Å². The van der Waals surface area contributed by atoms with E-state index in [4.69, 9.17) is 9.84 Å². The number of carbonyl (C=O) groups is 1. The van der Waals surface area contributed by atoms with Gasteiger partial charge in [0.1, 0.15) is 5.75 Å². The molecular formula is C22H23N4O3S+. The van der Waals surface area contributed by atoms with Gasteiger partial charge in [0.15, 0.2) is 0 Å². The number of thioether (sulfide) groups is 1. The van der Waals surface area contributed by atoms with E-state index in [1.807, 2.05) is 48.5 Å². The molecule has 0 spiro atoms. The number of ether oxygens (including phenoxy) is 1. The van der Waals surface area contributed by atoms with Crippen LogP contribution in [0.4, 0.5) is 5.69 Å². The number of fused-ring (bicyclic) bond motifs is 3. The van der Waals surface area contributed by atoms with Gasteiger partial charge in [-0.1, -0.05) is 43.0 Å². The van der Waals surface area contributed by atoms with Gasteiger partial charge in [0.05, 0.1) is 23.9 Å². The van der Waals surface area contributed by atoms with Crippen LogP contribution in [0.2, 0.25) is 0 Å². The Morgan fingerprint density at radius 2 is 1.97 bits per heavy atom. The first-order chi connectivity index (χ1) is 14.6. The number of aromatic amines is 1. The molecule has 1 N–H and O–H groups in total. The zero-order valence-electron chi connectivity index (χ0n) is 17.1. The minimum Gasteiger partial charge on any atom is -0.496 e. The largest absolute Gasteiger partial charge is 0.496 e. The number of nitrogens with zero attached hydrogens (tertiary/aromatic N) is 3. The second-order valence-electron chi connectivity index (χ2n) is 6.92. The lowest BCUT2D eigenvalue weighted by atomic mass is 10.0. The Bertz CT molecular complexity index is 1160. The molecule has 0 aliphatic carbocycles. The van der Waals surface area contributed by atoms with Crippen molar-refractivity contribution in [3.8, 4) is 17.0 Å². The van der Waals surface area contributed by atoms with Crippen LogP contribution in [0.25, 0.3) is 11.3 Å². The van der Waals surface area contributed by atoms with Crippen LogP contribution in [0.5, 0.6) is 5.75 Å². The summed E-state index contributed by atoms with van der Waals surface area (Å²) < 4.78 is 7.24. The number of aromatic nitrogens is 3. The van der Waals surface area contributed by atoms with Crippen LogP contribution in [0.15, 0.2) is 58.5 Å². The molecule has 8 heteroatoms. The summed E-state index contributed by atoms with van der Waals surface area (Å²) in [6, 6.07) is 14.9. The Morgan fingerprint density at radius 3 is 2.70 bits per heavy atom. The van der Waals surface area contributed by atoms with Crippen LogP contribution in [-0.4, -0.2) is 28.9 Å². The highest BCUT2D eigenvalue weighted by molar-refractivity contribution is 7.99. The van der Waals surface area contributed by atoms with E-state index in [1.54, 1.807) is 16.7 Å². The molecule has 2 heterocycles. The van der Waals surface area contributed by atoms with Gasteiger partial charge in [-0.25, -0.2) is 4.90 Å². The summed E-state index contributed by atoms with van der Waals surface area (Å²) in [7, 11) is 1.59. The van der Waals surface area contributed by atoms with Gasteiger partial charge in [0.25, 0.3) is 6.17 Å². The number of methoxy groups -OCH3 is 1. The number of carbonyl (C=O) groups excluding carboxylic acids is 1. The van der Waals surface area contributed by atoms with Gasteiger partial charge in [0, 0.05) is 17.8 Å². The Morgan fingerprint density at radius 1 is 1.23 bits per heavy atom. The van der Waals surface area contributed by atoms with Crippen LogP contribution >= 0.6 is 11.8 Å². The van der Waals surface area contributed by atoms with Gasteiger partial charge in [-0.15, -0.1) is 0 Å². The number of H-pyrrole nitrogens is 1.